The molecule has 40 heavy (non-hydrogen) atoms. The summed E-state index contributed by atoms with van der Waals surface area (Å²) in [5.41, 5.74) is 0. The summed E-state index contributed by atoms with van der Waals surface area (Å²) < 4.78 is 68.9. The van der Waals surface area contributed by atoms with Crippen LogP contribution in [0.5, 0.6) is 0 Å². The van der Waals surface area contributed by atoms with Gasteiger partial charge in [0.05, 0.1) is 18.8 Å². The molecule has 1 amide bonds. The van der Waals surface area contributed by atoms with E-state index in [1.54, 1.807) is 0 Å². The second kappa shape index (κ2) is 29.8. The van der Waals surface area contributed by atoms with Gasteiger partial charge in [-0.05, 0) is 12.8 Å². The van der Waals surface area contributed by atoms with Crippen LogP contribution >= 0.6 is 0 Å². The van der Waals surface area contributed by atoms with Gasteiger partial charge in [0.25, 0.3) is 0 Å². The smallest absolute Gasteiger partial charge is 0.249 e. The fourth-order valence-electron chi connectivity index (χ4n) is 5.00. The van der Waals surface area contributed by atoms with Crippen LogP contribution in [0.3, 0.4) is 0 Å². The molecule has 0 aliphatic heterocycles. The van der Waals surface area contributed by atoms with Gasteiger partial charge in [-0.2, -0.15) is 0 Å². The van der Waals surface area contributed by atoms with Crippen LogP contribution in [0.15, 0.2) is 0 Å². The highest BCUT2D eigenvalue weighted by Gasteiger charge is 2.28. The molecule has 240 valence electrons. The van der Waals surface area contributed by atoms with Crippen LogP contribution in [0, 0.1) is 0 Å². The molecule has 0 spiro atoms. The molecule has 0 bridgehead atoms. The highest BCUT2D eigenvalue weighted by Crippen LogP contribution is 2.16. The first-order chi connectivity index (χ1) is 22.9. The molecular formula is C34H69NO5. The minimum absolute atomic E-state index is 0.211. The fraction of sp³-hybridized carbons (Fsp3) is 0.971. The van der Waals surface area contributed by atoms with E-state index in [2.05, 4.69) is 12.2 Å². The predicted octanol–water partition coefficient (Wildman–Crippen LogP) is 7.73. The Hall–Kier alpha value is -0.690. The van der Waals surface area contributed by atoms with Crippen molar-refractivity contribution < 1.29 is 37.6 Å². The van der Waals surface area contributed by atoms with E-state index in [0.29, 0.717) is 25.7 Å². The molecule has 0 unspecified atom stereocenters. The van der Waals surface area contributed by atoms with E-state index < -0.39 is 62.8 Å². The van der Waals surface area contributed by atoms with E-state index in [4.69, 9.17) is 12.3 Å². The Morgan fingerprint density at radius 3 is 1.60 bits per heavy atom. The molecule has 0 heterocycles. The van der Waals surface area contributed by atoms with Crippen molar-refractivity contribution in [3.8, 4) is 0 Å². The van der Waals surface area contributed by atoms with E-state index in [0.717, 1.165) is 57.8 Å². The first-order valence-corrected chi connectivity index (χ1v) is 16.3. The van der Waals surface area contributed by atoms with Gasteiger partial charge >= 0.3 is 0 Å². The van der Waals surface area contributed by atoms with Crippen LogP contribution in [0.4, 0.5) is 0 Å². The molecular weight excluding hydrogens is 502 g/mol. The Kier molecular flexibility index (Phi) is 19.2. The summed E-state index contributed by atoms with van der Waals surface area (Å²) in [5.74, 6) is -0.702. The maximum Gasteiger partial charge on any atom is 0.249 e. The van der Waals surface area contributed by atoms with Crippen molar-refractivity contribution in [1.82, 2.24) is 5.32 Å². The predicted molar refractivity (Wildman–Crippen MR) is 168 cm³/mol. The average Bonchev–Trinajstić information content (AvgIpc) is 3.03. The molecule has 0 saturated carbocycles. The average molecular weight is 581 g/mol. The van der Waals surface area contributed by atoms with Crippen molar-refractivity contribution in [1.29, 1.82) is 0 Å². The standard InChI is InChI=1S/C34H69NO5/c1-3-5-7-9-11-13-15-17-19-21-23-25-27-31(37)33(39)30(29-36)35-34(40)32(38)28-26-24-22-20-18-16-14-12-10-8-6-4-2/h30-33,36-39H,3-29H2,1-2H3,(H,35,40)/t30-,31+,32+,33-/m0/s1/i2D3,4D2,6D2,8D2. The first-order valence-electron chi connectivity index (χ1n) is 20.8. The number of carbonyl (C=O) groups is 1. The SMILES string of the molecule is [2H]C([2H])([2H])C([2H])([2H])C([2H])([2H])C([2H])([2H])CCCCCCCCCC[C@@H](O)C(=O)N[C@@H](CO)[C@H](O)[C@H](O)CCCCCCCCCCCCCC. The molecule has 0 saturated heterocycles. The largest absolute Gasteiger partial charge is 0.394 e. The molecule has 0 aromatic carbocycles. The molecule has 6 nitrogen and oxygen atoms in total. The van der Waals surface area contributed by atoms with Crippen molar-refractivity contribution in [2.75, 3.05) is 6.61 Å². The molecule has 4 atom stereocenters. The Morgan fingerprint density at radius 2 is 1.12 bits per heavy atom. The van der Waals surface area contributed by atoms with Crippen molar-refractivity contribution >= 4 is 5.91 Å². The number of aliphatic hydroxyl groups excluding tert-OH is 4. The number of unbranched alkanes of at least 4 members (excludes halogenated alkanes) is 18. The van der Waals surface area contributed by atoms with E-state index in [1.165, 1.54) is 51.4 Å². The lowest BCUT2D eigenvalue weighted by Crippen LogP contribution is -2.53. The zero-order chi connectivity index (χ0) is 37.6. The Labute approximate surface area is 260 Å². The number of hydrogen-bond acceptors (Lipinski definition) is 5. The molecule has 0 rings (SSSR count). The van der Waals surface area contributed by atoms with Gasteiger partial charge in [-0.1, -0.05) is 168 Å². The van der Waals surface area contributed by atoms with Gasteiger partial charge in [0.15, 0.2) is 0 Å². The maximum atomic E-state index is 12.5. The summed E-state index contributed by atoms with van der Waals surface area (Å²) in [4.78, 5) is 12.5. The summed E-state index contributed by atoms with van der Waals surface area (Å²) in [6, 6.07) is -1.08. The third kappa shape index (κ3) is 24.0. The van der Waals surface area contributed by atoms with Gasteiger partial charge in [0.1, 0.15) is 12.2 Å². The Morgan fingerprint density at radius 1 is 0.675 bits per heavy atom. The summed E-state index contributed by atoms with van der Waals surface area (Å²) in [6.07, 6.45) is 7.23. The minimum atomic E-state index is -3.33. The molecule has 0 radical (unpaired) electrons. The number of rotatable bonds is 31. The van der Waals surface area contributed by atoms with Crippen molar-refractivity contribution in [3.63, 3.8) is 0 Å². The van der Waals surface area contributed by atoms with Crippen molar-refractivity contribution in [2.24, 2.45) is 0 Å². The van der Waals surface area contributed by atoms with E-state index in [1.807, 2.05) is 0 Å². The van der Waals surface area contributed by atoms with Crippen molar-refractivity contribution in [3.05, 3.63) is 0 Å². The van der Waals surface area contributed by atoms with Crippen LogP contribution in [0.25, 0.3) is 0 Å². The number of carbonyl (C=O) groups excluding carboxylic acids is 1. The second-order valence-electron chi connectivity index (χ2n) is 11.3. The van der Waals surface area contributed by atoms with Crippen LogP contribution in [0.2, 0.25) is 0 Å². The monoisotopic (exact) mass is 581 g/mol. The second-order valence-corrected chi connectivity index (χ2v) is 11.3. The molecule has 0 aromatic heterocycles. The van der Waals surface area contributed by atoms with Gasteiger partial charge < -0.3 is 25.7 Å². The highest BCUT2D eigenvalue weighted by molar-refractivity contribution is 5.80. The zero-order valence-corrected chi connectivity index (χ0v) is 25.5. The molecule has 0 fully saturated rings. The van der Waals surface area contributed by atoms with Gasteiger partial charge in [0.2, 0.25) is 5.91 Å². The number of aliphatic hydroxyl groups is 4. The molecule has 0 aromatic rings. The fourth-order valence-corrected chi connectivity index (χ4v) is 5.00. The number of amides is 1. The molecule has 0 aliphatic rings. The van der Waals surface area contributed by atoms with Gasteiger partial charge in [-0.25, -0.2) is 0 Å². The van der Waals surface area contributed by atoms with Gasteiger partial charge in [-0.3, -0.25) is 4.79 Å². The molecule has 6 heteroatoms. The lowest BCUT2D eigenvalue weighted by molar-refractivity contribution is -0.132. The summed E-state index contributed by atoms with van der Waals surface area (Å²) in [5, 5.41) is 43.3. The minimum Gasteiger partial charge on any atom is -0.394 e. The van der Waals surface area contributed by atoms with Gasteiger partial charge in [-0.15, -0.1) is 0 Å². The topological polar surface area (TPSA) is 110 Å². The lowest BCUT2D eigenvalue weighted by Gasteiger charge is -2.27. The summed E-state index contributed by atoms with van der Waals surface area (Å²) in [7, 11) is 0. The lowest BCUT2D eigenvalue weighted by atomic mass is 9.99. The maximum absolute atomic E-state index is 12.5. The van der Waals surface area contributed by atoms with Crippen LogP contribution in [0.1, 0.15) is 193 Å². The molecule has 0 aliphatic carbocycles. The molecule has 5 N–H and O–H groups in total. The third-order valence-corrected chi connectivity index (χ3v) is 7.67. The summed E-state index contributed by atoms with van der Waals surface area (Å²) in [6.45, 7) is -1.63. The van der Waals surface area contributed by atoms with Crippen LogP contribution in [-0.4, -0.2) is 57.3 Å². The summed E-state index contributed by atoms with van der Waals surface area (Å²) >= 11 is 0. The van der Waals surface area contributed by atoms with E-state index in [-0.39, 0.29) is 12.8 Å². The van der Waals surface area contributed by atoms with Crippen molar-refractivity contribution in [2.45, 2.75) is 205 Å². The third-order valence-electron chi connectivity index (χ3n) is 7.67. The Bertz CT molecular complexity index is 849. The van der Waals surface area contributed by atoms with E-state index >= 15 is 0 Å². The zero-order valence-electron chi connectivity index (χ0n) is 34.5. The normalized spacial score (nSPS) is 19.4. The number of hydrogen-bond donors (Lipinski definition) is 5. The van der Waals surface area contributed by atoms with E-state index in [9.17, 15) is 25.2 Å². The quantitative estimate of drug-likeness (QED) is 0.0539. The number of nitrogens with one attached hydrogen (secondary N) is 1. The van der Waals surface area contributed by atoms with Crippen LogP contribution < -0.4 is 5.32 Å². The van der Waals surface area contributed by atoms with Gasteiger partial charge in [0, 0.05) is 12.3 Å². The first kappa shape index (κ1) is 25.8. The highest BCUT2D eigenvalue weighted by atomic mass is 16.3. The Balaban J connectivity index is 4.10. The van der Waals surface area contributed by atoms with Crippen LogP contribution in [-0.2, 0) is 4.79 Å².